The van der Waals surface area contributed by atoms with E-state index in [2.05, 4.69) is 34.6 Å². The largest absolute Gasteiger partial charge is 0.495 e. The lowest BCUT2D eigenvalue weighted by atomic mass is 10.2. The first kappa shape index (κ1) is 23.6. The van der Waals surface area contributed by atoms with E-state index in [1.165, 1.54) is 0 Å². The van der Waals surface area contributed by atoms with Gasteiger partial charge in [-0.3, -0.25) is 9.79 Å². The van der Waals surface area contributed by atoms with Crippen molar-refractivity contribution in [3.05, 3.63) is 24.3 Å². The van der Waals surface area contributed by atoms with Gasteiger partial charge in [-0.2, -0.15) is 0 Å². The number of aliphatic imine (C=N–C) groups is 1. The van der Waals surface area contributed by atoms with Gasteiger partial charge < -0.3 is 25.2 Å². The van der Waals surface area contributed by atoms with E-state index in [1.807, 2.05) is 17.0 Å². The molecule has 1 atom stereocenters. The van der Waals surface area contributed by atoms with Crippen molar-refractivity contribution in [1.82, 2.24) is 15.5 Å². The van der Waals surface area contributed by atoms with Crippen molar-refractivity contribution >= 4 is 41.5 Å². The first-order chi connectivity index (χ1) is 13.7. The molecule has 3 rings (SSSR count). The van der Waals surface area contributed by atoms with Gasteiger partial charge in [-0.15, -0.1) is 24.0 Å². The molecule has 0 aromatic heterocycles. The van der Waals surface area contributed by atoms with Crippen molar-refractivity contribution in [2.75, 3.05) is 51.3 Å². The Labute approximate surface area is 191 Å². The normalized spacial score (nSPS) is 19.3. The van der Waals surface area contributed by atoms with Crippen LogP contribution in [0.1, 0.15) is 32.6 Å². The minimum atomic E-state index is 0. The van der Waals surface area contributed by atoms with Gasteiger partial charge in [-0.1, -0.05) is 12.1 Å². The zero-order valence-electron chi connectivity index (χ0n) is 17.5. The Bertz CT molecular complexity index is 685. The molecule has 1 amide bonds. The first-order valence-corrected chi connectivity index (χ1v) is 10.4. The monoisotopic (exact) mass is 515 g/mol. The number of para-hydroxylation sites is 2. The van der Waals surface area contributed by atoms with E-state index in [0.29, 0.717) is 12.5 Å². The number of rotatable bonds is 8. The van der Waals surface area contributed by atoms with E-state index in [0.717, 1.165) is 75.9 Å². The van der Waals surface area contributed by atoms with Crippen LogP contribution in [0, 0.1) is 0 Å². The van der Waals surface area contributed by atoms with E-state index in [-0.39, 0.29) is 29.9 Å². The molecule has 0 aliphatic carbocycles. The topological polar surface area (TPSA) is 69.2 Å². The number of hydrogen-bond acceptors (Lipinski definition) is 4. The molecule has 2 fully saturated rings. The Morgan fingerprint density at radius 2 is 2.14 bits per heavy atom. The van der Waals surface area contributed by atoms with E-state index in [1.54, 1.807) is 7.11 Å². The molecule has 7 nitrogen and oxygen atoms in total. The van der Waals surface area contributed by atoms with Crippen molar-refractivity contribution in [1.29, 1.82) is 0 Å². The number of methoxy groups -OCH3 is 1. The molecule has 1 unspecified atom stereocenters. The summed E-state index contributed by atoms with van der Waals surface area (Å²) in [6.07, 6.45) is 3.67. The molecule has 0 spiro atoms. The Balaban J connectivity index is 0.00000300. The van der Waals surface area contributed by atoms with Crippen LogP contribution in [0.25, 0.3) is 0 Å². The van der Waals surface area contributed by atoms with Gasteiger partial charge >= 0.3 is 0 Å². The molecule has 29 heavy (non-hydrogen) atoms. The fraction of sp³-hybridized carbons (Fsp3) is 0.619. The predicted molar refractivity (Wildman–Crippen MR) is 129 cm³/mol. The highest BCUT2D eigenvalue weighted by Gasteiger charge is 2.25. The van der Waals surface area contributed by atoms with Gasteiger partial charge in [0.2, 0.25) is 5.91 Å². The zero-order valence-corrected chi connectivity index (χ0v) is 19.9. The number of amides is 1. The maximum Gasteiger partial charge on any atom is 0.222 e. The Kier molecular flexibility index (Phi) is 9.83. The number of likely N-dealkylation sites (tertiary alicyclic amines) is 1. The third-order valence-electron chi connectivity index (χ3n) is 5.33. The van der Waals surface area contributed by atoms with Gasteiger partial charge in [0.1, 0.15) is 5.75 Å². The number of hydrogen-bond donors (Lipinski definition) is 2. The van der Waals surface area contributed by atoms with Gasteiger partial charge in [-0.05, 0) is 38.3 Å². The predicted octanol–water partition coefficient (Wildman–Crippen LogP) is 2.46. The van der Waals surface area contributed by atoms with Crippen LogP contribution in [0.5, 0.6) is 5.75 Å². The summed E-state index contributed by atoms with van der Waals surface area (Å²) >= 11 is 0. The number of carbonyl (C=O) groups excluding carboxylic acids is 1. The number of nitrogens with zero attached hydrogens (tertiary/aromatic N) is 3. The molecule has 0 saturated carbocycles. The summed E-state index contributed by atoms with van der Waals surface area (Å²) in [5.41, 5.74) is 1.14. The second kappa shape index (κ2) is 12.1. The number of ether oxygens (including phenoxy) is 1. The van der Waals surface area contributed by atoms with Crippen LogP contribution in [-0.4, -0.2) is 69.2 Å². The Hall–Kier alpha value is -1.71. The molecular weight excluding hydrogens is 481 g/mol. The van der Waals surface area contributed by atoms with Crippen molar-refractivity contribution in [3.63, 3.8) is 0 Å². The molecule has 2 aliphatic rings. The SMILES string of the molecule is CCNC(=NCCCN1CCCC1=O)NC1CCN(c2ccccc2OC)C1.I. The lowest BCUT2D eigenvalue weighted by Crippen LogP contribution is -2.44. The van der Waals surface area contributed by atoms with E-state index >= 15 is 0 Å². The van der Waals surface area contributed by atoms with Crippen molar-refractivity contribution in [2.24, 2.45) is 4.99 Å². The van der Waals surface area contributed by atoms with Crippen LogP contribution < -0.4 is 20.3 Å². The second-order valence-electron chi connectivity index (χ2n) is 7.35. The number of guanidine groups is 1. The lowest BCUT2D eigenvalue weighted by molar-refractivity contribution is -0.127. The molecule has 2 aliphatic heterocycles. The van der Waals surface area contributed by atoms with Gasteiger partial charge in [0.15, 0.2) is 5.96 Å². The number of benzene rings is 1. The van der Waals surface area contributed by atoms with E-state index in [4.69, 9.17) is 9.73 Å². The highest BCUT2D eigenvalue weighted by atomic mass is 127. The van der Waals surface area contributed by atoms with Crippen molar-refractivity contribution in [2.45, 2.75) is 38.6 Å². The van der Waals surface area contributed by atoms with Crippen LogP contribution in [0.3, 0.4) is 0 Å². The fourth-order valence-corrected chi connectivity index (χ4v) is 3.89. The van der Waals surface area contributed by atoms with Crippen LogP contribution in [0.4, 0.5) is 5.69 Å². The second-order valence-corrected chi connectivity index (χ2v) is 7.35. The minimum absolute atomic E-state index is 0. The van der Waals surface area contributed by atoms with Crippen LogP contribution in [-0.2, 0) is 4.79 Å². The summed E-state index contributed by atoms with van der Waals surface area (Å²) in [6, 6.07) is 8.52. The summed E-state index contributed by atoms with van der Waals surface area (Å²) in [7, 11) is 1.72. The summed E-state index contributed by atoms with van der Waals surface area (Å²) in [6.45, 7) is 7.27. The summed E-state index contributed by atoms with van der Waals surface area (Å²) in [5.74, 6) is 2.07. The van der Waals surface area contributed by atoms with Crippen LogP contribution >= 0.6 is 24.0 Å². The number of carbonyl (C=O) groups is 1. The lowest BCUT2D eigenvalue weighted by Gasteiger charge is -2.22. The maximum absolute atomic E-state index is 11.7. The van der Waals surface area contributed by atoms with Gasteiger partial charge in [0.05, 0.1) is 12.8 Å². The molecule has 2 N–H and O–H groups in total. The van der Waals surface area contributed by atoms with E-state index < -0.39 is 0 Å². The van der Waals surface area contributed by atoms with Gasteiger partial charge in [0.25, 0.3) is 0 Å². The summed E-state index contributed by atoms with van der Waals surface area (Å²) in [4.78, 5) is 20.7. The third kappa shape index (κ3) is 6.65. The molecule has 1 aromatic carbocycles. The average Bonchev–Trinajstić information content (AvgIpc) is 3.34. The summed E-state index contributed by atoms with van der Waals surface area (Å²) in [5, 5.41) is 6.91. The highest BCUT2D eigenvalue weighted by Crippen LogP contribution is 2.30. The molecule has 2 heterocycles. The smallest absolute Gasteiger partial charge is 0.222 e. The number of nitrogens with one attached hydrogen (secondary N) is 2. The van der Waals surface area contributed by atoms with Crippen LogP contribution in [0.15, 0.2) is 29.3 Å². The first-order valence-electron chi connectivity index (χ1n) is 10.4. The molecule has 162 valence electrons. The molecular formula is C21H34IN5O2. The Morgan fingerprint density at radius 3 is 2.86 bits per heavy atom. The quantitative estimate of drug-likeness (QED) is 0.241. The zero-order chi connectivity index (χ0) is 19.8. The molecule has 1 aromatic rings. The molecule has 0 bridgehead atoms. The number of anilines is 1. The van der Waals surface area contributed by atoms with Crippen molar-refractivity contribution < 1.29 is 9.53 Å². The Morgan fingerprint density at radius 1 is 1.31 bits per heavy atom. The molecule has 2 saturated heterocycles. The third-order valence-corrected chi connectivity index (χ3v) is 5.33. The van der Waals surface area contributed by atoms with E-state index in [9.17, 15) is 4.79 Å². The van der Waals surface area contributed by atoms with Gasteiger partial charge in [-0.25, -0.2) is 0 Å². The van der Waals surface area contributed by atoms with Crippen LogP contribution in [0.2, 0.25) is 0 Å². The highest BCUT2D eigenvalue weighted by molar-refractivity contribution is 14.0. The number of halogens is 1. The maximum atomic E-state index is 11.7. The van der Waals surface area contributed by atoms with Gasteiger partial charge in [0, 0.05) is 51.7 Å². The molecule has 8 heteroatoms. The minimum Gasteiger partial charge on any atom is -0.495 e. The average molecular weight is 515 g/mol. The summed E-state index contributed by atoms with van der Waals surface area (Å²) < 4.78 is 5.50. The van der Waals surface area contributed by atoms with Crippen molar-refractivity contribution in [3.8, 4) is 5.75 Å². The molecule has 0 radical (unpaired) electrons. The fourth-order valence-electron chi connectivity index (χ4n) is 3.89. The standard InChI is InChI=1S/C21H33N5O2.HI/c1-3-22-21(23-12-7-14-25-13-6-10-20(25)27)24-17-11-15-26(16-17)18-8-4-5-9-19(18)28-2;/h4-5,8-9,17H,3,6-7,10-16H2,1-2H3,(H2,22,23,24);1H.